The van der Waals surface area contributed by atoms with Crippen LogP contribution in [0.3, 0.4) is 0 Å². The number of unbranched alkanes of at least 4 members (excludes halogenated alkanes) is 1. The molecule has 0 aliphatic carbocycles. The number of hydrogen-bond donors (Lipinski definition) is 3. The van der Waals surface area contributed by atoms with E-state index in [1.807, 2.05) is 13.8 Å². The molecule has 1 fully saturated rings. The van der Waals surface area contributed by atoms with Gasteiger partial charge in [0.15, 0.2) is 0 Å². The highest BCUT2D eigenvalue weighted by Gasteiger charge is 2.46. The fourth-order valence-electron chi connectivity index (χ4n) is 2.72. The van der Waals surface area contributed by atoms with Gasteiger partial charge in [-0.3, -0.25) is 19.8 Å². The number of carbonyl (C=O) groups is 3. The van der Waals surface area contributed by atoms with E-state index in [0.717, 1.165) is 19.3 Å². The lowest BCUT2D eigenvalue weighted by Crippen LogP contribution is -2.54. The van der Waals surface area contributed by atoms with Gasteiger partial charge in [-0.15, -0.1) is 0 Å². The Hall–Kier alpha value is -1.63. The molecule has 1 aliphatic rings. The average molecular weight is 299 g/mol. The summed E-state index contributed by atoms with van der Waals surface area (Å²) < 4.78 is 0. The zero-order valence-electron chi connectivity index (χ0n) is 12.8. The third kappa shape index (κ3) is 4.42. The van der Waals surface area contributed by atoms with Crippen LogP contribution in [0.15, 0.2) is 0 Å². The van der Waals surface area contributed by atoms with Gasteiger partial charge in [0, 0.05) is 6.54 Å². The average Bonchev–Trinajstić information content (AvgIpc) is 2.82. The molecule has 1 heterocycles. The number of hydrogen-bond acceptors (Lipinski definition) is 4. The van der Waals surface area contributed by atoms with Crippen molar-refractivity contribution in [2.75, 3.05) is 19.6 Å². The minimum atomic E-state index is -0.976. The number of amides is 3. The Kier molecular flexibility index (Phi) is 6.61. The lowest BCUT2D eigenvalue weighted by molar-refractivity contribution is -0.150. The number of likely N-dealkylation sites (tertiary alicyclic amines) is 1. The van der Waals surface area contributed by atoms with Crippen molar-refractivity contribution in [3.8, 4) is 0 Å². The maximum atomic E-state index is 11.9. The first-order valence-electron chi connectivity index (χ1n) is 7.52. The van der Waals surface area contributed by atoms with E-state index in [-0.39, 0.29) is 6.54 Å². The van der Waals surface area contributed by atoms with Crippen molar-refractivity contribution >= 4 is 17.9 Å². The van der Waals surface area contributed by atoms with Crippen molar-refractivity contribution in [1.29, 1.82) is 0 Å². The zero-order valence-corrected chi connectivity index (χ0v) is 12.8. The minimum absolute atomic E-state index is 0.0681. The molecule has 0 bridgehead atoms. The molecule has 1 aliphatic heterocycles. The van der Waals surface area contributed by atoms with Crippen molar-refractivity contribution in [3.63, 3.8) is 0 Å². The lowest BCUT2D eigenvalue weighted by Gasteiger charge is -2.33. The Labute approximate surface area is 125 Å². The van der Waals surface area contributed by atoms with Crippen molar-refractivity contribution in [3.05, 3.63) is 0 Å². The molecule has 1 atom stereocenters. The van der Waals surface area contributed by atoms with E-state index in [1.165, 1.54) is 0 Å². The first kappa shape index (κ1) is 17.4. The van der Waals surface area contributed by atoms with Crippen LogP contribution in [0.4, 0.5) is 4.79 Å². The van der Waals surface area contributed by atoms with Crippen LogP contribution >= 0.6 is 0 Å². The number of nitrogens with one attached hydrogen (secondary N) is 2. The molecule has 21 heavy (non-hydrogen) atoms. The zero-order chi connectivity index (χ0) is 15.9. The third-order valence-corrected chi connectivity index (χ3v) is 4.01. The van der Waals surface area contributed by atoms with Gasteiger partial charge in [-0.1, -0.05) is 20.3 Å². The van der Waals surface area contributed by atoms with Gasteiger partial charge >= 0.3 is 12.0 Å². The number of nitrogens with zero attached hydrogens (tertiary/aromatic N) is 1. The van der Waals surface area contributed by atoms with Crippen molar-refractivity contribution in [2.24, 2.45) is 0 Å². The van der Waals surface area contributed by atoms with E-state index in [0.29, 0.717) is 25.9 Å². The maximum Gasteiger partial charge on any atom is 0.324 e. The van der Waals surface area contributed by atoms with Crippen molar-refractivity contribution in [2.45, 2.75) is 51.5 Å². The first-order chi connectivity index (χ1) is 9.96. The summed E-state index contributed by atoms with van der Waals surface area (Å²) in [6, 6.07) is -0.523. The standard InChI is InChI=1S/C14H25N3O4/c1-3-5-8-15-13(21)16-11(18)10-17-9-6-7-14(17,4-2)12(19)20/h3-10H2,1-2H3,(H,19,20)(H2,15,16,18,21). The molecule has 1 unspecified atom stereocenters. The topological polar surface area (TPSA) is 98.7 Å². The van der Waals surface area contributed by atoms with Crippen LogP contribution in [0, 0.1) is 0 Å². The summed E-state index contributed by atoms with van der Waals surface area (Å²) in [5.41, 5.74) is -0.976. The Morgan fingerprint density at radius 1 is 1.29 bits per heavy atom. The molecule has 1 saturated heterocycles. The second-order valence-electron chi connectivity index (χ2n) is 5.37. The molecule has 3 N–H and O–H groups in total. The highest BCUT2D eigenvalue weighted by atomic mass is 16.4. The number of urea groups is 1. The van der Waals surface area contributed by atoms with Gasteiger partial charge in [0.2, 0.25) is 5.91 Å². The molecule has 120 valence electrons. The van der Waals surface area contributed by atoms with E-state index in [1.54, 1.807) is 4.90 Å². The van der Waals surface area contributed by atoms with E-state index >= 15 is 0 Å². The van der Waals surface area contributed by atoms with E-state index in [4.69, 9.17) is 0 Å². The first-order valence-corrected chi connectivity index (χ1v) is 7.52. The van der Waals surface area contributed by atoms with Gasteiger partial charge in [-0.2, -0.15) is 0 Å². The van der Waals surface area contributed by atoms with Crippen LogP contribution in [0.2, 0.25) is 0 Å². The third-order valence-electron chi connectivity index (χ3n) is 4.01. The summed E-state index contributed by atoms with van der Waals surface area (Å²) in [6.45, 7) is 4.83. The molecule has 0 radical (unpaired) electrons. The molecule has 7 heteroatoms. The van der Waals surface area contributed by atoms with Gasteiger partial charge in [0.25, 0.3) is 0 Å². The summed E-state index contributed by atoms with van der Waals surface area (Å²) in [6.07, 6.45) is 3.54. The van der Waals surface area contributed by atoms with Gasteiger partial charge in [0.1, 0.15) is 5.54 Å². The van der Waals surface area contributed by atoms with Crippen LogP contribution in [-0.2, 0) is 9.59 Å². The Morgan fingerprint density at radius 3 is 2.57 bits per heavy atom. The van der Waals surface area contributed by atoms with Gasteiger partial charge in [-0.25, -0.2) is 4.79 Å². The predicted molar refractivity (Wildman–Crippen MR) is 77.9 cm³/mol. The van der Waals surface area contributed by atoms with E-state index in [2.05, 4.69) is 10.6 Å². The van der Waals surface area contributed by atoms with Crippen LogP contribution in [0.25, 0.3) is 0 Å². The summed E-state index contributed by atoms with van der Waals surface area (Å²) in [7, 11) is 0. The summed E-state index contributed by atoms with van der Waals surface area (Å²) in [4.78, 5) is 36.5. The molecule has 0 spiro atoms. The van der Waals surface area contributed by atoms with Crippen LogP contribution in [0.5, 0.6) is 0 Å². The highest BCUT2D eigenvalue weighted by molar-refractivity contribution is 5.95. The van der Waals surface area contributed by atoms with Crippen LogP contribution in [0.1, 0.15) is 46.0 Å². The van der Waals surface area contributed by atoms with Crippen LogP contribution in [-0.4, -0.2) is 53.1 Å². The van der Waals surface area contributed by atoms with Crippen molar-refractivity contribution in [1.82, 2.24) is 15.5 Å². The quantitative estimate of drug-likeness (QED) is 0.608. The van der Waals surface area contributed by atoms with Crippen LogP contribution < -0.4 is 10.6 Å². The predicted octanol–water partition coefficient (Wildman–Crippen LogP) is 0.941. The number of carbonyl (C=O) groups excluding carboxylic acids is 2. The monoisotopic (exact) mass is 299 g/mol. The summed E-state index contributed by atoms with van der Waals surface area (Å²) >= 11 is 0. The number of imide groups is 1. The second kappa shape index (κ2) is 7.97. The number of aliphatic carboxylic acids is 1. The highest BCUT2D eigenvalue weighted by Crippen LogP contribution is 2.32. The largest absolute Gasteiger partial charge is 0.480 e. The molecule has 7 nitrogen and oxygen atoms in total. The van der Waals surface area contributed by atoms with Gasteiger partial charge < -0.3 is 10.4 Å². The molecular weight excluding hydrogens is 274 g/mol. The molecule has 0 aromatic carbocycles. The molecular formula is C14H25N3O4. The molecule has 3 amide bonds. The number of carboxylic acids is 1. The van der Waals surface area contributed by atoms with E-state index in [9.17, 15) is 19.5 Å². The Morgan fingerprint density at radius 2 is 2.00 bits per heavy atom. The van der Waals surface area contributed by atoms with Gasteiger partial charge in [-0.05, 0) is 32.2 Å². The fourth-order valence-corrected chi connectivity index (χ4v) is 2.72. The Bertz CT molecular complexity index is 400. The Balaban J connectivity index is 2.50. The fraction of sp³-hybridized carbons (Fsp3) is 0.786. The summed E-state index contributed by atoms with van der Waals surface area (Å²) in [5.74, 6) is -1.37. The number of rotatable bonds is 7. The molecule has 0 saturated carbocycles. The normalized spacial score (nSPS) is 22.0. The minimum Gasteiger partial charge on any atom is -0.480 e. The summed E-state index contributed by atoms with van der Waals surface area (Å²) in [5, 5.41) is 14.3. The SMILES string of the molecule is CCCCNC(=O)NC(=O)CN1CCCC1(CC)C(=O)O. The second-order valence-corrected chi connectivity index (χ2v) is 5.37. The maximum absolute atomic E-state index is 11.9. The molecule has 0 aromatic heterocycles. The number of carboxylic acid groups (broad SMARTS) is 1. The molecule has 1 rings (SSSR count). The lowest BCUT2D eigenvalue weighted by atomic mass is 9.93. The van der Waals surface area contributed by atoms with Gasteiger partial charge in [0.05, 0.1) is 6.54 Å². The van der Waals surface area contributed by atoms with E-state index < -0.39 is 23.4 Å². The van der Waals surface area contributed by atoms with Crippen molar-refractivity contribution < 1.29 is 19.5 Å². The molecule has 0 aromatic rings. The smallest absolute Gasteiger partial charge is 0.324 e.